The quantitative estimate of drug-likeness (QED) is 0.816. The van der Waals surface area contributed by atoms with Gasteiger partial charge in [0.05, 0.1) is 6.10 Å². The van der Waals surface area contributed by atoms with Gasteiger partial charge >= 0.3 is 0 Å². The summed E-state index contributed by atoms with van der Waals surface area (Å²) in [5, 5.41) is 5.63. The summed E-state index contributed by atoms with van der Waals surface area (Å²) in [5.41, 5.74) is 0.908. The topological polar surface area (TPSA) is 67.4 Å². The van der Waals surface area contributed by atoms with Gasteiger partial charge in [-0.15, -0.1) is 0 Å². The van der Waals surface area contributed by atoms with Crippen LogP contribution in [0.5, 0.6) is 5.75 Å². The van der Waals surface area contributed by atoms with Crippen LogP contribution in [-0.4, -0.2) is 30.5 Å². The van der Waals surface area contributed by atoms with Crippen LogP contribution in [0.15, 0.2) is 30.3 Å². The predicted molar refractivity (Wildman–Crippen MR) is 85.4 cm³/mol. The molecule has 0 radical (unpaired) electrons. The third-order valence-electron chi connectivity index (χ3n) is 3.27. The van der Waals surface area contributed by atoms with Gasteiger partial charge in [0.2, 0.25) is 11.8 Å². The molecule has 5 heteroatoms. The molecule has 1 saturated heterocycles. The molecule has 22 heavy (non-hydrogen) atoms. The van der Waals surface area contributed by atoms with Crippen molar-refractivity contribution in [3.8, 4) is 5.75 Å². The Bertz CT molecular complexity index is 557. The molecule has 5 nitrogen and oxygen atoms in total. The number of hydrogen-bond acceptors (Lipinski definition) is 3. The predicted octanol–water partition coefficient (Wildman–Crippen LogP) is 1.88. The number of nitrogens with one attached hydrogen (secondary N) is 2. The Hall–Kier alpha value is -2.30. The van der Waals surface area contributed by atoms with Crippen molar-refractivity contribution < 1.29 is 14.3 Å². The van der Waals surface area contributed by atoms with Gasteiger partial charge in [-0.05, 0) is 44.0 Å². The van der Waals surface area contributed by atoms with Crippen molar-refractivity contribution >= 4 is 17.9 Å². The number of rotatable bonds is 5. The van der Waals surface area contributed by atoms with E-state index in [0.717, 1.165) is 11.3 Å². The average molecular weight is 302 g/mol. The lowest BCUT2D eigenvalue weighted by Crippen LogP contribution is -2.47. The van der Waals surface area contributed by atoms with Crippen molar-refractivity contribution in [1.82, 2.24) is 10.6 Å². The maximum absolute atomic E-state index is 11.9. The first-order chi connectivity index (χ1) is 10.5. The highest BCUT2D eigenvalue weighted by atomic mass is 16.5. The molecule has 0 unspecified atom stereocenters. The molecule has 0 aromatic heterocycles. The number of ether oxygens (including phenoxy) is 1. The Morgan fingerprint density at radius 3 is 2.95 bits per heavy atom. The van der Waals surface area contributed by atoms with Crippen LogP contribution in [0.25, 0.3) is 6.08 Å². The summed E-state index contributed by atoms with van der Waals surface area (Å²) in [5.74, 6) is 0.673. The number of amides is 2. The molecular formula is C17H22N2O3. The van der Waals surface area contributed by atoms with E-state index < -0.39 is 0 Å². The van der Waals surface area contributed by atoms with Gasteiger partial charge in [-0.1, -0.05) is 12.1 Å². The van der Waals surface area contributed by atoms with Gasteiger partial charge in [-0.25, -0.2) is 0 Å². The molecule has 1 aromatic rings. The molecule has 1 aliphatic rings. The molecule has 0 aliphatic carbocycles. The van der Waals surface area contributed by atoms with Crippen LogP contribution < -0.4 is 15.4 Å². The van der Waals surface area contributed by atoms with Crippen LogP contribution in [0.3, 0.4) is 0 Å². The van der Waals surface area contributed by atoms with E-state index in [1.54, 1.807) is 6.08 Å². The minimum Gasteiger partial charge on any atom is -0.491 e. The summed E-state index contributed by atoms with van der Waals surface area (Å²) < 4.78 is 5.62. The molecule has 1 aromatic carbocycles. The van der Waals surface area contributed by atoms with E-state index in [1.807, 2.05) is 38.1 Å². The summed E-state index contributed by atoms with van der Waals surface area (Å²) in [6.07, 6.45) is 4.52. The van der Waals surface area contributed by atoms with Crippen LogP contribution in [0.4, 0.5) is 0 Å². The molecule has 1 heterocycles. The summed E-state index contributed by atoms with van der Waals surface area (Å²) in [4.78, 5) is 23.0. The lowest BCUT2D eigenvalue weighted by Gasteiger charge is -2.22. The summed E-state index contributed by atoms with van der Waals surface area (Å²) in [6.45, 7) is 4.44. The van der Waals surface area contributed by atoms with Gasteiger partial charge in [-0.2, -0.15) is 0 Å². The van der Waals surface area contributed by atoms with Gasteiger partial charge in [0.15, 0.2) is 0 Å². The zero-order valence-corrected chi connectivity index (χ0v) is 13.0. The maximum atomic E-state index is 11.9. The number of benzene rings is 1. The van der Waals surface area contributed by atoms with Crippen LogP contribution in [-0.2, 0) is 9.59 Å². The monoisotopic (exact) mass is 302 g/mol. The van der Waals surface area contributed by atoms with E-state index in [2.05, 4.69) is 10.6 Å². The first-order valence-electron chi connectivity index (χ1n) is 7.55. The molecule has 0 bridgehead atoms. The smallest absolute Gasteiger partial charge is 0.244 e. The summed E-state index contributed by atoms with van der Waals surface area (Å²) in [6, 6.07) is 7.60. The normalized spacial score (nSPS) is 18.3. The molecule has 1 atom stereocenters. The maximum Gasteiger partial charge on any atom is 0.244 e. The molecule has 0 spiro atoms. The van der Waals surface area contributed by atoms with Crippen molar-refractivity contribution in [2.45, 2.75) is 38.8 Å². The lowest BCUT2D eigenvalue weighted by atomic mass is 10.1. The van der Waals surface area contributed by atoms with E-state index in [-0.39, 0.29) is 24.0 Å². The Balaban J connectivity index is 1.88. The number of carbonyl (C=O) groups is 2. The molecule has 118 valence electrons. The zero-order valence-electron chi connectivity index (χ0n) is 13.0. The Morgan fingerprint density at radius 1 is 1.45 bits per heavy atom. The van der Waals surface area contributed by atoms with E-state index in [0.29, 0.717) is 19.4 Å². The average Bonchev–Trinajstić information content (AvgIpc) is 2.47. The standard InChI is InChI=1S/C17H22N2O3/c1-12(2)22-15-5-3-4-13(10-15)6-8-17(21)19-14-7-9-16(20)18-11-14/h3-6,8,10,12,14H,7,9,11H2,1-2H3,(H,18,20)(H,19,21)/b8-6+/t14-/m1/s1. The molecule has 1 aliphatic heterocycles. The van der Waals surface area contributed by atoms with E-state index >= 15 is 0 Å². The SMILES string of the molecule is CC(C)Oc1cccc(/C=C/C(=O)N[C@@H]2CCC(=O)NC2)c1. The van der Waals surface area contributed by atoms with Crippen molar-refractivity contribution in [3.63, 3.8) is 0 Å². The summed E-state index contributed by atoms with van der Waals surface area (Å²) in [7, 11) is 0. The minimum absolute atomic E-state index is 0.00505. The highest BCUT2D eigenvalue weighted by Crippen LogP contribution is 2.15. The van der Waals surface area contributed by atoms with Gasteiger partial charge in [0, 0.05) is 25.1 Å². The first kappa shape index (κ1) is 16.1. The molecule has 2 N–H and O–H groups in total. The fraction of sp³-hybridized carbons (Fsp3) is 0.412. The molecule has 0 saturated carbocycles. The number of piperidine rings is 1. The minimum atomic E-state index is -0.156. The van der Waals surface area contributed by atoms with E-state index in [9.17, 15) is 9.59 Å². The summed E-state index contributed by atoms with van der Waals surface area (Å²) >= 11 is 0. The molecule has 2 rings (SSSR count). The highest BCUT2D eigenvalue weighted by molar-refractivity contribution is 5.92. The second-order valence-electron chi connectivity index (χ2n) is 5.62. The van der Waals surface area contributed by atoms with Gasteiger partial charge in [0.1, 0.15) is 5.75 Å². The number of carbonyl (C=O) groups excluding carboxylic acids is 2. The third-order valence-corrected chi connectivity index (χ3v) is 3.27. The fourth-order valence-corrected chi connectivity index (χ4v) is 2.24. The number of hydrogen-bond donors (Lipinski definition) is 2. The fourth-order valence-electron chi connectivity index (χ4n) is 2.24. The first-order valence-corrected chi connectivity index (χ1v) is 7.55. The third kappa shape index (κ3) is 5.24. The Kier molecular flexibility index (Phi) is 5.58. The largest absolute Gasteiger partial charge is 0.491 e. The lowest BCUT2D eigenvalue weighted by molar-refractivity contribution is -0.124. The van der Waals surface area contributed by atoms with Gasteiger partial charge in [-0.3, -0.25) is 9.59 Å². The molecule has 2 amide bonds. The van der Waals surface area contributed by atoms with Crippen LogP contribution in [0.1, 0.15) is 32.3 Å². The van der Waals surface area contributed by atoms with Crippen molar-refractivity contribution in [1.29, 1.82) is 0 Å². The second kappa shape index (κ2) is 7.64. The van der Waals surface area contributed by atoms with Crippen molar-refractivity contribution in [3.05, 3.63) is 35.9 Å². The highest BCUT2D eigenvalue weighted by Gasteiger charge is 2.18. The van der Waals surface area contributed by atoms with Gasteiger partial charge < -0.3 is 15.4 Å². The Morgan fingerprint density at radius 2 is 2.27 bits per heavy atom. The van der Waals surface area contributed by atoms with E-state index in [4.69, 9.17) is 4.74 Å². The van der Waals surface area contributed by atoms with E-state index in [1.165, 1.54) is 6.08 Å². The molecule has 1 fully saturated rings. The van der Waals surface area contributed by atoms with Crippen LogP contribution >= 0.6 is 0 Å². The van der Waals surface area contributed by atoms with Crippen LogP contribution in [0.2, 0.25) is 0 Å². The zero-order chi connectivity index (χ0) is 15.9. The second-order valence-corrected chi connectivity index (χ2v) is 5.62. The Labute approximate surface area is 130 Å². The van der Waals surface area contributed by atoms with Crippen molar-refractivity contribution in [2.24, 2.45) is 0 Å². The molecular weight excluding hydrogens is 280 g/mol. The van der Waals surface area contributed by atoms with Crippen LogP contribution in [0, 0.1) is 0 Å². The van der Waals surface area contributed by atoms with Crippen molar-refractivity contribution in [2.75, 3.05) is 6.54 Å². The van der Waals surface area contributed by atoms with Gasteiger partial charge in [0.25, 0.3) is 0 Å².